The van der Waals surface area contributed by atoms with Crippen molar-refractivity contribution in [2.75, 3.05) is 13.1 Å². The number of aryl methyl sites for hydroxylation is 1. The molecule has 0 aromatic heterocycles. The molecule has 1 aliphatic rings. The van der Waals surface area contributed by atoms with Crippen molar-refractivity contribution in [3.8, 4) is 0 Å². The number of hydrogen-bond donors (Lipinski definition) is 1. The lowest BCUT2D eigenvalue weighted by Gasteiger charge is -2.38. The Labute approximate surface area is 113 Å². The number of halogens is 1. The highest BCUT2D eigenvalue weighted by Crippen LogP contribution is 2.21. The van der Waals surface area contributed by atoms with E-state index in [1.165, 1.54) is 0 Å². The molecule has 1 fully saturated rings. The minimum absolute atomic E-state index is 0.130. The zero-order valence-corrected chi connectivity index (χ0v) is 11.8. The zero-order valence-electron chi connectivity index (χ0n) is 11.1. The second-order valence-electron chi connectivity index (χ2n) is 5.37. The van der Waals surface area contributed by atoms with Crippen molar-refractivity contribution in [3.05, 3.63) is 34.3 Å². The third-order valence-electron chi connectivity index (χ3n) is 3.34. The molecule has 1 saturated heterocycles. The summed E-state index contributed by atoms with van der Waals surface area (Å²) < 4.78 is 0. The quantitative estimate of drug-likeness (QED) is 0.891. The van der Waals surface area contributed by atoms with E-state index in [-0.39, 0.29) is 5.91 Å². The number of nitrogens with zero attached hydrogens (tertiary/aromatic N) is 1. The Balaban J connectivity index is 2.16. The number of amides is 1. The molecule has 1 heterocycles. The zero-order chi connectivity index (χ0) is 13.3. The van der Waals surface area contributed by atoms with Crippen LogP contribution in [0.3, 0.4) is 0 Å². The maximum absolute atomic E-state index is 12.2. The van der Waals surface area contributed by atoms with Gasteiger partial charge in [-0.15, -0.1) is 0 Å². The van der Waals surface area contributed by atoms with E-state index >= 15 is 0 Å². The van der Waals surface area contributed by atoms with Gasteiger partial charge in [0.05, 0.1) is 5.54 Å². The Kier molecular flexibility index (Phi) is 3.64. The molecule has 4 heteroatoms. The maximum Gasteiger partial charge on any atom is 0.242 e. The predicted octanol–water partition coefficient (Wildman–Crippen LogP) is 2.36. The third kappa shape index (κ3) is 2.68. The monoisotopic (exact) mass is 266 g/mol. The van der Waals surface area contributed by atoms with Crippen LogP contribution in [0.4, 0.5) is 0 Å². The van der Waals surface area contributed by atoms with E-state index in [0.717, 1.165) is 29.2 Å². The van der Waals surface area contributed by atoms with Crippen molar-refractivity contribution in [1.29, 1.82) is 0 Å². The average molecular weight is 267 g/mol. The molecule has 3 nitrogen and oxygen atoms in total. The lowest BCUT2D eigenvalue weighted by Crippen LogP contribution is -2.60. The van der Waals surface area contributed by atoms with Gasteiger partial charge in [-0.05, 0) is 38.0 Å². The molecular weight excluding hydrogens is 248 g/mol. The molecule has 98 valence electrons. The molecule has 1 aromatic rings. The SMILES string of the molecule is Cc1ccc(CN2CCNC(C)(C)C2=O)c(Cl)c1. The summed E-state index contributed by atoms with van der Waals surface area (Å²) in [4.78, 5) is 14.1. The minimum Gasteiger partial charge on any atom is -0.335 e. The van der Waals surface area contributed by atoms with Crippen LogP contribution in [-0.2, 0) is 11.3 Å². The van der Waals surface area contributed by atoms with E-state index in [9.17, 15) is 4.79 Å². The summed E-state index contributed by atoms with van der Waals surface area (Å²) in [5.74, 6) is 0.130. The largest absolute Gasteiger partial charge is 0.335 e. The molecule has 0 spiro atoms. The summed E-state index contributed by atoms with van der Waals surface area (Å²) in [7, 11) is 0. The first-order valence-corrected chi connectivity index (χ1v) is 6.57. The van der Waals surface area contributed by atoms with E-state index in [2.05, 4.69) is 5.32 Å². The molecule has 1 aromatic carbocycles. The molecule has 0 radical (unpaired) electrons. The first-order chi connectivity index (χ1) is 8.40. The van der Waals surface area contributed by atoms with E-state index in [4.69, 9.17) is 11.6 Å². The molecule has 18 heavy (non-hydrogen) atoms. The van der Waals surface area contributed by atoms with Crippen LogP contribution >= 0.6 is 11.6 Å². The summed E-state index contributed by atoms with van der Waals surface area (Å²) in [5.41, 5.74) is 1.67. The molecule has 1 N–H and O–H groups in total. The van der Waals surface area contributed by atoms with Crippen LogP contribution in [0.1, 0.15) is 25.0 Å². The number of hydrogen-bond acceptors (Lipinski definition) is 2. The van der Waals surface area contributed by atoms with Crippen LogP contribution in [0, 0.1) is 6.92 Å². The number of benzene rings is 1. The van der Waals surface area contributed by atoms with Gasteiger partial charge < -0.3 is 10.2 Å². The van der Waals surface area contributed by atoms with Crippen LogP contribution < -0.4 is 5.32 Å². The van der Waals surface area contributed by atoms with Crippen molar-refractivity contribution in [3.63, 3.8) is 0 Å². The molecule has 1 amide bonds. The fourth-order valence-corrected chi connectivity index (χ4v) is 2.51. The highest BCUT2D eigenvalue weighted by Gasteiger charge is 2.35. The van der Waals surface area contributed by atoms with Gasteiger partial charge in [0.25, 0.3) is 0 Å². The molecule has 1 aliphatic heterocycles. The Morgan fingerprint density at radius 3 is 2.83 bits per heavy atom. The standard InChI is InChI=1S/C14H19ClN2O/c1-10-4-5-11(12(15)8-10)9-17-7-6-16-14(2,3)13(17)18/h4-5,8,16H,6-7,9H2,1-3H3. The Morgan fingerprint density at radius 2 is 2.17 bits per heavy atom. The second kappa shape index (κ2) is 4.90. The number of rotatable bonds is 2. The molecule has 0 unspecified atom stereocenters. The van der Waals surface area contributed by atoms with Gasteiger partial charge in [0.2, 0.25) is 5.91 Å². The summed E-state index contributed by atoms with van der Waals surface area (Å²) in [6, 6.07) is 5.97. The van der Waals surface area contributed by atoms with Gasteiger partial charge in [-0.2, -0.15) is 0 Å². The average Bonchev–Trinajstić information content (AvgIpc) is 2.28. The molecule has 0 saturated carbocycles. The van der Waals surface area contributed by atoms with E-state index < -0.39 is 5.54 Å². The van der Waals surface area contributed by atoms with Crippen molar-refractivity contribution < 1.29 is 4.79 Å². The molecule has 0 bridgehead atoms. The lowest BCUT2D eigenvalue weighted by molar-refractivity contribution is -0.140. The van der Waals surface area contributed by atoms with Crippen LogP contribution in [0.5, 0.6) is 0 Å². The summed E-state index contributed by atoms with van der Waals surface area (Å²) >= 11 is 6.21. The Bertz CT molecular complexity index is 471. The summed E-state index contributed by atoms with van der Waals surface area (Å²) in [6.45, 7) is 7.98. The van der Waals surface area contributed by atoms with Crippen molar-refractivity contribution in [2.45, 2.75) is 32.9 Å². The maximum atomic E-state index is 12.2. The van der Waals surface area contributed by atoms with Gasteiger partial charge in [-0.3, -0.25) is 4.79 Å². The Morgan fingerprint density at radius 1 is 1.44 bits per heavy atom. The van der Waals surface area contributed by atoms with Crippen LogP contribution in [0.15, 0.2) is 18.2 Å². The number of carbonyl (C=O) groups is 1. The van der Waals surface area contributed by atoms with Gasteiger partial charge in [0.1, 0.15) is 0 Å². The third-order valence-corrected chi connectivity index (χ3v) is 3.69. The number of carbonyl (C=O) groups excluding carboxylic acids is 1. The van der Waals surface area contributed by atoms with Gasteiger partial charge in [0.15, 0.2) is 0 Å². The fraction of sp³-hybridized carbons (Fsp3) is 0.500. The predicted molar refractivity (Wildman–Crippen MR) is 73.7 cm³/mol. The molecule has 0 aliphatic carbocycles. The fourth-order valence-electron chi connectivity index (χ4n) is 2.21. The Hall–Kier alpha value is -1.06. The lowest BCUT2D eigenvalue weighted by atomic mass is 10.00. The second-order valence-corrected chi connectivity index (χ2v) is 5.78. The van der Waals surface area contributed by atoms with E-state index in [0.29, 0.717) is 6.54 Å². The normalized spacial score (nSPS) is 19.1. The highest BCUT2D eigenvalue weighted by atomic mass is 35.5. The minimum atomic E-state index is -0.477. The van der Waals surface area contributed by atoms with Crippen LogP contribution in [-0.4, -0.2) is 29.4 Å². The summed E-state index contributed by atoms with van der Waals surface area (Å²) in [5, 5.41) is 3.96. The smallest absolute Gasteiger partial charge is 0.242 e. The van der Waals surface area contributed by atoms with Gasteiger partial charge in [0, 0.05) is 24.7 Å². The van der Waals surface area contributed by atoms with Crippen molar-refractivity contribution in [1.82, 2.24) is 10.2 Å². The first kappa shape index (κ1) is 13.4. The van der Waals surface area contributed by atoms with Gasteiger partial charge >= 0.3 is 0 Å². The molecular formula is C14H19ClN2O. The van der Waals surface area contributed by atoms with Crippen molar-refractivity contribution >= 4 is 17.5 Å². The topological polar surface area (TPSA) is 32.3 Å². The van der Waals surface area contributed by atoms with E-state index in [1.807, 2.05) is 43.9 Å². The molecule has 0 atom stereocenters. The summed E-state index contributed by atoms with van der Waals surface area (Å²) in [6.07, 6.45) is 0. The first-order valence-electron chi connectivity index (χ1n) is 6.19. The highest BCUT2D eigenvalue weighted by molar-refractivity contribution is 6.31. The molecule has 2 rings (SSSR count). The van der Waals surface area contributed by atoms with Crippen LogP contribution in [0.2, 0.25) is 5.02 Å². The van der Waals surface area contributed by atoms with E-state index in [1.54, 1.807) is 0 Å². The van der Waals surface area contributed by atoms with Crippen molar-refractivity contribution in [2.24, 2.45) is 0 Å². The van der Waals surface area contributed by atoms with Crippen LogP contribution in [0.25, 0.3) is 0 Å². The van der Waals surface area contributed by atoms with Gasteiger partial charge in [-0.1, -0.05) is 23.7 Å². The number of piperazine rings is 1. The number of nitrogens with one attached hydrogen (secondary N) is 1. The van der Waals surface area contributed by atoms with Gasteiger partial charge in [-0.25, -0.2) is 0 Å².